The number of Topliss-reactive ketones (excluding diaryl/α,β-unsaturated/α-hetero) is 1. The first-order valence-electron chi connectivity index (χ1n) is 8.70. The van der Waals surface area contributed by atoms with Crippen molar-refractivity contribution in [1.82, 2.24) is 0 Å². The van der Waals surface area contributed by atoms with Gasteiger partial charge in [0.05, 0.1) is 20.3 Å². The topological polar surface area (TPSA) is 61.8 Å². The van der Waals surface area contributed by atoms with Gasteiger partial charge in [-0.1, -0.05) is 12.2 Å². The first-order valence-corrected chi connectivity index (χ1v) is 8.70. The van der Waals surface area contributed by atoms with Gasteiger partial charge in [-0.2, -0.15) is 0 Å². The highest BCUT2D eigenvalue weighted by molar-refractivity contribution is 5.97. The molecular formula is C20H26O5. The lowest BCUT2D eigenvalue weighted by Gasteiger charge is -2.17. The maximum Gasteiger partial charge on any atom is 0.342 e. The predicted molar refractivity (Wildman–Crippen MR) is 96.2 cm³/mol. The molecule has 1 heterocycles. The molecule has 5 nitrogen and oxygen atoms in total. The van der Waals surface area contributed by atoms with Crippen molar-refractivity contribution in [3.8, 4) is 11.5 Å². The first kappa shape index (κ1) is 19.0. The Labute approximate surface area is 149 Å². The summed E-state index contributed by atoms with van der Waals surface area (Å²) in [5.41, 5.74) is 1.09. The van der Waals surface area contributed by atoms with Crippen molar-refractivity contribution in [2.75, 3.05) is 14.2 Å². The lowest BCUT2D eigenvalue weighted by molar-refractivity contribution is -0.119. The zero-order valence-electron chi connectivity index (χ0n) is 15.2. The normalized spacial score (nSPS) is 20.8. The fraction of sp³-hybridized carbons (Fsp3) is 0.500. The molecule has 0 N–H and O–H groups in total. The van der Waals surface area contributed by atoms with Crippen LogP contribution in [0.4, 0.5) is 0 Å². The molecular weight excluding hydrogens is 320 g/mol. The van der Waals surface area contributed by atoms with E-state index in [0.717, 1.165) is 19.3 Å². The van der Waals surface area contributed by atoms with Gasteiger partial charge in [0.25, 0.3) is 0 Å². The van der Waals surface area contributed by atoms with Crippen LogP contribution in [0.25, 0.3) is 6.08 Å². The number of hydrogen-bond donors (Lipinski definition) is 0. The lowest BCUT2D eigenvalue weighted by Crippen LogP contribution is -2.17. The smallest absolute Gasteiger partial charge is 0.342 e. The summed E-state index contributed by atoms with van der Waals surface area (Å²) in [4.78, 5) is 24.5. The molecule has 25 heavy (non-hydrogen) atoms. The summed E-state index contributed by atoms with van der Waals surface area (Å²) >= 11 is 0. The van der Waals surface area contributed by atoms with E-state index < -0.39 is 5.97 Å². The Morgan fingerprint density at radius 1 is 1.08 bits per heavy atom. The number of rotatable bonds is 2. The molecule has 0 fully saturated rings. The largest absolute Gasteiger partial charge is 0.497 e. The molecule has 1 aliphatic rings. The van der Waals surface area contributed by atoms with E-state index in [9.17, 15) is 9.59 Å². The fourth-order valence-corrected chi connectivity index (χ4v) is 2.88. The van der Waals surface area contributed by atoms with Crippen LogP contribution in [0.5, 0.6) is 11.5 Å². The summed E-state index contributed by atoms with van der Waals surface area (Å²) in [5, 5.41) is 0. The number of esters is 1. The highest BCUT2D eigenvalue weighted by Crippen LogP contribution is 2.31. The van der Waals surface area contributed by atoms with E-state index in [1.54, 1.807) is 19.2 Å². The molecule has 0 saturated heterocycles. The Kier molecular flexibility index (Phi) is 7.04. The summed E-state index contributed by atoms with van der Waals surface area (Å²) in [6, 6.07) is 3.47. The molecule has 0 aliphatic carbocycles. The second kappa shape index (κ2) is 9.25. The summed E-state index contributed by atoms with van der Waals surface area (Å²) in [7, 11) is 3.09. The third-order valence-electron chi connectivity index (χ3n) is 4.26. The van der Waals surface area contributed by atoms with Crippen LogP contribution in [0.2, 0.25) is 0 Å². The van der Waals surface area contributed by atoms with E-state index in [0.29, 0.717) is 41.9 Å². The molecule has 1 aliphatic heterocycles. The predicted octanol–water partition coefficient (Wildman–Crippen LogP) is 4.19. The van der Waals surface area contributed by atoms with E-state index in [-0.39, 0.29) is 11.9 Å². The van der Waals surface area contributed by atoms with Crippen molar-refractivity contribution in [3.05, 3.63) is 29.3 Å². The average Bonchev–Trinajstić information content (AvgIpc) is 2.59. The van der Waals surface area contributed by atoms with Crippen LogP contribution >= 0.6 is 0 Å². The van der Waals surface area contributed by atoms with Gasteiger partial charge in [-0.05, 0) is 44.2 Å². The van der Waals surface area contributed by atoms with Gasteiger partial charge >= 0.3 is 5.97 Å². The van der Waals surface area contributed by atoms with Crippen LogP contribution in [0, 0.1) is 0 Å². The van der Waals surface area contributed by atoms with Crippen LogP contribution in [0.15, 0.2) is 18.2 Å². The molecule has 0 bridgehead atoms. The standard InChI is InChI=1S/C20H26O5/c1-14-8-7-11-16(21)10-6-4-5-9-15-12-17(23-2)13-18(24-3)19(15)20(22)25-14/h5,9,12-14H,4,6-8,10-11H2,1-3H3/b9-5-. The van der Waals surface area contributed by atoms with Gasteiger partial charge in [0.1, 0.15) is 22.8 Å². The molecule has 1 unspecified atom stereocenters. The molecule has 0 aromatic heterocycles. The van der Waals surface area contributed by atoms with Crippen molar-refractivity contribution in [2.45, 2.75) is 51.6 Å². The van der Waals surface area contributed by atoms with Crippen LogP contribution < -0.4 is 9.47 Å². The fourth-order valence-electron chi connectivity index (χ4n) is 2.88. The van der Waals surface area contributed by atoms with Crippen molar-refractivity contribution >= 4 is 17.8 Å². The monoisotopic (exact) mass is 346 g/mol. The quantitative estimate of drug-likeness (QED) is 0.752. The Hall–Kier alpha value is -2.30. The number of hydrogen-bond acceptors (Lipinski definition) is 5. The molecule has 136 valence electrons. The molecule has 0 radical (unpaired) electrons. The third-order valence-corrected chi connectivity index (χ3v) is 4.26. The Morgan fingerprint density at radius 3 is 2.56 bits per heavy atom. The lowest BCUT2D eigenvalue weighted by atomic mass is 10.0. The molecule has 2 rings (SSSR count). The molecule has 5 heteroatoms. The van der Waals surface area contributed by atoms with Gasteiger partial charge in [-0.3, -0.25) is 4.79 Å². The summed E-state index contributed by atoms with van der Waals surface area (Å²) in [5.74, 6) is 0.888. The summed E-state index contributed by atoms with van der Waals surface area (Å²) < 4.78 is 16.2. The minimum atomic E-state index is -0.421. The van der Waals surface area contributed by atoms with E-state index >= 15 is 0 Å². The van der Waals surface area contributed by atoms with Crippen LogP contribution in [-0.2, 0) is 9.53 Å². The first-order chi connectivity index (χ1) is 12.0. The minimum Gasteiger partial charge on any atom is -0.497 e. The number of ketones is 1. The van der Waals surface area contributed by atoms with Crippen LogP contribution in [0.1, 0.15) is 61.4 Å². The van der Waals surface area contributed by atoms with Gasteiger partial charge < -0.3 is 14.2 Å². The zero-order chi connectivity index (χ0) is 18.2. The van der Waals surface area contributed by atoms with Crippen LogP contribution in [0.3, 0.4) is 0 Å². The molecule has 0 amide bonds. The molecule has 1 aromatic rings. The summed E-state index contributed by atoms with van der Waals surface area (Å²) in [6.07, 6.45) is 7.69. The molecule has 1 atom stereocenters. The highest BCUT2D eigenvalue weighted by atomic mass is 16.5. The van der Waals surface area contributed by atoms with Crippen molar-refractivity contribution in [2.24, 2.45) is 0 Å². The minimum absolute atomic E-state index is 0.258. The van der Waals surface area contributed by atoms with Gasteiger partial charge in [-0.15, -0.1) is 0 Å². The second-order valence-corrected chi connectivity index (χ2v) is 6.24. The SMILES string of the molecule is COc1cc2c(c(OC)c1)C(=O)OC(C)CCCC(=O)CCC/C=C\2. The van der Waals surface area contributed by atoms with Gasteiger partial charge in [0.15, 0.2) is 0 Å². The Morgan fingerprint density at radius 2 is 1.84 bits per heavy atom. The van der Waals surface area contributed by atoms with Crippen molar-refractivity contribution in [1.29, 1.82) is 0 Å². The van der Waals surface area contributed by atoms with E-state index in [1.807, 2.05) is 19.1 Å². The maximum atomic E-state index is 12.7. The average molecular weight is 346 g/mol. The third kappa shape index (κ3) is 5.34. The van der Waals surface area contributed by atoms with Gasteiger partial charge in [-0.25, -0.2) is 4.79 Å². The number of carbonyl (C=O) groups excluding carboxylic acids is 2. The Balaban J connectivity index is 2.39. The summed E-state index contributed by atoms with van der Waals surface area (Å²) in [6.45, 7) is 1.85. The second-order valence-electron chi connectivity index (χ2n) is 6.24. The van der Waals surface area contributed by atoms with Gasteiger partial charge in [0, 0.05) is 18.9 Å². The zero-order valence-corrected chi connectivity index (χ0v) is 15.2. The van der Waals surface area contributed by atoms with Gasteiger partial charge in [0.2, 0.25) is 0 Å². The van der Waals surface area contributed by atoms with Crippen molar-refractivity contribution < 1.29 is 23.8 Å². The van der Waals surface area contributed by atoms with E-state index in [2.05, 4.69) is 0 Å². The maximum absolute atomic E-state index is 12.7. The Bertz CT molecular complexity index is 648. The highest BCUT2D eigenvalue weighted by Gasteiger charge is 2.21. The van der Waals surface area contributed by atoms with E-state index in [1.165, 1.54) is 7.11 Å². The number of methoxy groups -OCH3 is 2. The van der Waals surface area contributed by atoms with Crippen molar-refractivity contribution in [3.63, 3.8) is 0 Å². The molecule has 0 spiro atoms. The number of allylic oxidation sites excluding steroid dienone is 1. The van der Waals surface area contributed by atoms with E-state index in [4.69, 9.17) is 14.2 Å². The van der Waals surface area contributed by atoms with Crippen LogP contribution in [-0.4, -0.2) is 32.1 Å². The number of ether oxygens (including phenoxy) is 3. The number of fused-ring (bicyclic) bond motifs is 1. The molecule has 1 aromatic carbocycles. The molecule has 0 saturated carbocycles. The number of cyclic esters (lactones) is 1. The number of benzene rings is 1. The number of carbonyl (C=O) groups is 2.